The molecule has 1 N–H and O–H groups in total. The number of hydrogen-bond acceptors (Lipinski definition) is 6. The topological polar surface area (TPSA) is 95.5 Å². The van der Waals surface area contributed by atoms with Gasteiger partial charge in [0.2, 0.25) is 5.95 Å². The lowest BCUT2D eigenvalue weighted by molar-refractivity contribution is -0.138. The Morgan fingerprint density at radius 3 is 2.34 bits per heavy atom. The van der Waals surface area contributed by atoms with Gasteiger partial charge in [-0.05, 0) is 31.6 Å². The van der Waals surface area contributed by atoms with Gasteiger partial charge < -0.3 is 10.1 Å². The monoisotopic (exact) mass is 435 g/mol. The summed E-state index contributed by atoms with van der Waals surface area (Å²) in [7, 11) is -3.59. The SMILES string of the molecule is O=CCC1CCCN(S(=O)(=O)N2CCC(Nc3ncc(C(F)(F)F)cn3)CC2)C1. The average Bonchev–Trinajstić information content (AvgIpc) is 2.69. The number of anilines is 1. The van der Waals surface area contributed by atoms with Gasteiger partial charge in [-0.15, -0.1) is 0 Å². The highest BCUT2D eigenvalue weighted by Crippen LogP contribution is 2.28. The van der Waals surface area contributed by atoms with Gasteiger partial charge in [-0.2, -0.15) is 30.2 Å². The normalized spacial score (nSPS) is 23.1. The van der Waals surface area contributed by atoms with Crippen molar-refractivity contribution in [2.24, 2.45) is 5.92 Å². The zero-order chi connectivity index (χ0) is 21.1. The highest BCUT2D eigenvalue weighted by molar-refractivity contribution is 7.86. The summed E-state index contributed by atoms with van der Waals surface area (Å²) in [5, 5.41) is 2.97. The fourth-order valence-electron chi connectivity index (χ4n) is 3.69. The summed E-state index contributed by atoms with van der Waals surface area (Å²) < 4.78 is 66.4. The fourth-order valence-corrected chi connectivity index (χ4v) is 5.45. The first-order chi connectivity index (χ1) is 13.7. The number of nitrogens with one attached hydrogen (secondary N) is 1. The second-order valence-electron chi connectivity index (χ2n) is 7.39. The zero-order valence-corrected chi connectivity index (χ0v) is 16.6. The molecule has 0 spiro atoms. The van der Waals surface area contributed by atoms with Gasteiger partial charge in [-0.1, -0.05) is 0 Å². The summed E-state index contributed by atoms with van der Waals surface area (Å²) in [6.07, 6.45) is 0.737. The molecule has 3 heterocycles. The molecule has 2 aliphatic rings. The average molecular weight is 435 g/mol. The molecule has 0 aromatic carbocycles. The maximum atomic E-state index is 12.9. The summed E-state index contributed by atoms with van der Waals surface area (Å²) in [5.74, 6) is 0.152. The van der Waals surface area contributed by atoms with Crippen LogP contribution in [0.15, 0.2) is 12.4 Å². The number of hydrogen-bond donors (Lipinski definition) is 1. The van der Waals surface area contributed by atoms with Crippen LogP contribution in [0.5, 0.6) is 0 Å². The standard InChI is InChI=1S/C17H24F3N5O3S/c18-17(19,20)14-10-21-16(22-11-14)23-15-3-7-24(8-4-15)29(27,28)25-6-1-2-13(12-25)5-9-26/h9-11,13,15H,1-8,12H2,(H,21,22,23). The predicted molar refractivity (Wildman–Crippen MR) is 99.1 cm³/mol. The Balaban J connectivity index is 1.53. The Bertz CT molecular complexity index is 796. The van der Waals surface area contributed by atoms with Crippen LogP contribution in [0.2, 0.25) is 0 Å². The number of carbonyl (C=O) groups excluding carboxylic acids is 1. The van der Waals surface area contributed by atoms with Gasteiger partial charge in [-0.25, -0.2) is 9.97 Å². The minimum Gasteiger partial charge on any atom is -0.351 e. The van der Waals surface area contributed by atoms with Crippen LogP contribution in [0.4, 0.5) is 19.1 Å². The molecule has 2 saturated heterocycles. The molecule has 1 aromatic rings. The van der Waals surface area contributed by atoms with Crippen LogP contribution in [0.1, 0.15) is 37.7 Å². The molecule has 8 nitrogen and oxygen atoms in total. The number of rotatable bonds is 6. The van der Waals surface area contributed by atoms with Crippen LogP contribution >= 0.6 is 0 Å². The molecule has 2 aliphatic heterocycles. The van der Waals surface area contributed by atoms with Crippen LogP contribution in [-0.2, 0) is 21.2 Å². The first-order valence-corrected chi connectivity index (χ1v) is 10.9. The molecule has 1 aromatic heterocycles. The first-order valence-electron chi connectivity index (χ1n) is 9.55. The number of halogens is 3. The molecule has 2 fully saturated rings. The summed E-state index contributed by atoms with van der Waals surface area (Å²) in [4.78, 5) is 18.1. The van der Waals surface area contributed by atoms with Crippen LogP contribution < -0.4 is 5.32 Å². The van der Waals surface area contributed by atoms with E-state index in [-0.39, 0.29) is 17.9 Å². The quantitative estimate of drug-likeness (QED) is 0.686. The third-order valence-electron chi connectivity index (χ3n) is 5.33. The molecular weight excluding hydrogens is 411 g/mol. The van der Waals surface area contributed by atoms with Crippen LogP contribution in [0.3, 0.4) is 0 Å². The van der Waals surface area contributed by atoms with Crippen LogP contribution in [-0.4, -0.2) is 65.5 Å². The summed E-state index contributed by atoms with van der Waals surface area (Å²) in [5.41, 5.74) is -0.918. The molecule has 1 unspecified atom stereocenters. The third-order valence-corrected chi connectivity index (χ3v) is 7.33. The van der Waals surface area contributed by atoms with E-state index in [1.54, 1.807) is 0 Å². The Morgan fingerprint density at radius 2 is 1.76 bits per heavy atom. The number of aldehydes is 1. The molecule has 0 radical (unpaired) electrons. The Labute approximate surface area is 167 Å². The van der Waals surface area contributed by atoms with E-state index in [0.29, 0.717) is 45.4 Å². The molecule has 12 heteroatoms. The van der Waals surface area contributed by atoms with Crippen molar-refractivity contribution in [3.8, 4) is 0 Å². The summed E-state index contributed by atoms with van der Waals surface area (Å²) >= 11 is 0. The highest BCUT2D eigenvalue weighted by Gasteiger charge is 2.36. The van der Waals surface area contributed by atoms with E-state index in [1.807, 2.05) is 0 Å². The zero-order valence-electron chi connectivity index (χ0n) is 15.8. The van der Waals surface area contributed by atoms with Crippen LogP contribution in [0, 0.1) is 5.92 Å². The van der Waals surface area contributed by atoms with Crippen molar-refractivity contribution >= 4 is 22.4 Å². The second-order valence-corrected chi connectivity index (χ2v) is 9.32. The number of nitrogens with zero attached hydrogens (tertiary/aromatic N) is 4. The summed E-state index contributed by atoms with van der Waals surface area (Å²) in [6, 6.07) is -0.123. The molecule has 0 amide bonds. The Kier molecular flexibility index (Phi) is 6.74. The van der Waals surface area contributed by atoms with E-state index in [0.717, 1.165) is 31.5 Å². The molecule has 3 rings (SSSR count). The summed E-state index contributed by atoms with van der Waals surface area (Å²) in [6.45, 7) is 1.42. The molecule has 0 aliphatic carbocycles. The lowest BCUT2D eigenvalue weighted by Crippen LogP contribution is -2.51. The van der Waals surface area contributed by atoms with Crippen molar-refractivity contribution in [1.29, 1.82) is 0 Å². The molecule has 0 saturated carbocycles. The van der Waals surface area contributed by atoms with Crippen molar-refractivity contribution in [1.82, 2.24) is 18.6 Å². The maximum Gasteiger partial charge on any atom is 0.419 e. The first kappa shape index (κ1) is 21.9. The van der Waals surface area contributed by atoms with E-state index in [1.165, 1.54) is 8.61 Å². The second kappa shape index (κ2) is 8.92. The fraction of sp³-hybridized carbons (Fsp3) is 0.706. The number of aromatic nitrogens is 2. The van der Waals surface area contributed by atoms with Crippen molar-refractivity contribution in [3.63, 3.8) is 0 Å². The minimum atomic E-state index is -4.49. The molecule has 1 atom stereocenters. The Morgan fingerprint density at radius 1 is 1.10 bits per heavy atom. The molecular formula is C17H24F3N5O3S. The smallest absolute Gasteiger partial charge is 0.351 e. The van der Waals surface area contributed by atoms with E-state index in [4.69, 9.17) is 0 Å². The lowest BCUT2D eigenvalue weighted by atomic mass is 9.97. The number of carbonyl (C=O) groups is 1. The van der Waals surface area contributed by atoms with Gasteiger partial charge in [0, 0.05) is 51.0 Å². The van der Waals surface area contributed by atoms with Crippen molar-refractivity contribution in [2.45, 2.75) is 44.3 Å². The van der Waals surface area contributed by atoms with Crippen molar-refractivity contribution in [2.75, 3.05) is 31.5 Å². The lowest BCUT2D eigenvalue weighted by Gasteiger charge is -2.38. The van der Waals surface area contributed by atoms with Gasteiger partial charge in [0.05, 0.1) is 5.56 Å². The Hall–Kier alpha value is -1.79. The van der Waals surface area contributed by atoms with E-state index >= 15 is 0 Å². The van der Waals surface area contributed by atoms with Crippen molar-refractivity contribution in [3.05, 3.63) is 18.0 Å². The van der Waals surface area contributed by atoms with E-state index in [2.05, 4.69) is 15.3 Å². The molecule has 29 heavy (non-hydrogen) atoms. The van der Waals surface area contributed by atoms with Crippen LogP contribution in [0.25, 0.3) is 0 Å². The van der Waals surface area contributed by atoms with Crippen molar-refractivity contribution < 1.29 is 26.4 Å². The van der Waals surface area contributed by atoms with Gasteiger partial charge in [-0.3, -0.25) is 0 Å². The largest absolute Gasteiger partial charge is 0.419 e. The number of piperidine rings is 2. The van der Waals surface area contributed by atoms with Gasteiger partial charge in [0.1, 0.15) is 6.29 Å². The van der Waals surface area contributed by atoms with E-state index in [9.17, 15) is 26.4 Å². The predicted octanol–water partition coefficient (Wildman–Crippen LogP) is 1.92. The minimum absolute atomic E-state index is 0.0621. The maximum absolute atomic E-state index is 12.9. The van der Waals surface area contributed by atoms with Gasteiger partial charge in [0.25, 0.3) is 10.2 Å². The highest BCUT2D eigenvalue weighted by atomic mass is 32.2. The van der Waals surface area contributed by atoms with E-state index < -0.39 is 21.9 Å². The molecule has 162 valence electrons. The third kappa shape index (κ3) is 5.43. The van der Waals surface area contributed by atoms with Gasteiger partial charge >= 0.3 is 6.18 Å². The van der Waals surface area contributed by atoms with Gasteiger partial charge in [0.15, 0.2) is 0 Å². The molecule has 0 bridgehead atoms. The number of alkyl halides is 3.